The highest BCUT2D eigenvalue weighted by molar-refractivity contribution is 6.07. The fourth-order valence-electron chi connectivity index (χ4n) is 5.98. The minimum absolute atomic E-state index is 0.00743. The van der Waals surface area contributed by atoms with Crippen molar-refractivity contribution in [3.05, 3.63) is 58.9 Å². The Morgan fingerprint density at radius 2 is 1.89 bits per heavy atom. The summed E-state index contributed by atoms with van der Waals surface area (Å²) in [6.07, 6.45) is 6.39. The van der Waals surface area contributed by atoms with Crippen LogP contribution in [-0.2, 0) is 4.79 Å². The van der Waals surface area contributed by atoms with Gasteiger partial charge in [0.15, 0.2) is 0 Å². The van der Waals surface area contributed by atoms with Crippen LogP contribution >= 0.6 is 0 Å². The first-order chi connectivity index (χ1) is 17.7. The molecule has 2 aliphatic heterocycles. The Hall–Kier alpha value is -3.69. The quantitative estimate of drug-likeness (QED) is 0.531. The molecule has 9 nitrogen and oxygen atoms in total. The first kappa shape index (κ1) is 25.0. The number of carbonyl (C=O) groups excluding carboxylic acids is 2. The predicted octanol–water partition coefficient (Wildman–Crippen LogP) is 3.84. The van der Waals surface area contributed by atoms with Gasteiger partial charge in [0.05, 0.1) is 11.8 Å². The van der Waals surface area contributed by atoms with E-state index in [1.807, 2.05) is 13.8 Å². The fourth-order valence-corrected chi connectivity index (χ4v) is 5.98. The van der Waals surface area contributed by atoms with Crippen molar-refractivity contribution in [2.45, 2.75) is 45.6 Å². The number of carbonyl (C=O) groups is 3. The van der Waals surface area contributed by atoms with Gasteiger partial charge in [0.2, 0.25) is 11.5 Å². The van der Waals surface area contributed by atoms with Crippen LogP contribution < -0.4 is 10.6 Å². The summed E-state index contributed by atoms with van der Waals surface area (Å²) in [5.74, 6) is -0.995. The number of aromatic nitrogens is 1. The summed E-state index contributed by atoms with van der Waals surface area (Å²) in [5, 5.41) is 20.5. The third-order valence-corrected chi connectivity index (χ3v) is 7.92. The van der Waals surface area contributed by atoms with E-state index in [1.165, 1.54) is 6.07 Å². The van der Waals surface area contributed by atoms with Gasteiger partial charge >= 0.3 is 11.9 Å². The van der Waals surface area contributed by atoms with E-state index in [9.17, 15) is 19.5 Å². The summed E-state index contributed by atoms with van der Waals surface area (Å²) in [6, 6.07) is 7.90. The van der Waals surface area contributed by atoms with E-state index in [2.05, 4.69) is 15.6 Å². The molecule has 37 heavy (non-hydrogen) atoms. The number of hydrogen-bond acceptors (Lipinski definition) is 7. The smallest absolute Gasteiger partial charge is 0.381 e. The highest BCUT2D eigenvalue weighted by Gasteiger charge is 2.57. The monoisotopic (exact) mass is 502 g/mol. The first-order valence-electron chi connectivity index (χ1n) is 12.7. The highest BCUT2D eigenvalue weighted by atomic mass is 16.4. The van der Waals surface area contributed by atoms with Gasteiger partial charge < -0.3 is 15.7 Å². The van der Waals surface area contributed by atoms with Crippen LogP contribution in [0.25, 0.3) is 11.1 Å². The van der Waals surface area contributed by atoms with Crippen molar-refractivity contribution in [3.8, 4) is 11.1 Å². The molecular formula is C28H32N5O4+. The van der Waals surface area contributed by atoms with Gasteiger partial charge in [0.1, 0.15) is 17.4 Å². The van der Waals surface area contributed by atoms with Crippen molar-refractivity contribution in [3.63, 3.8) is 0 Å². The largest absolute Gasteiger partial charge is 0.478 e. The van der Waals surface area contributed by atoms with Crippen LogP contribution in [0, 0.1) is 5.41 Å². The number of benzene rings is 1. The number of carboxylic acids is 1. The Kier molecular flexibility index (Phi) is 6.29. The number of piperidine rings is 1. The molecule has 1 amide bonds. The van der Waals surface area contributed by atoms with Gasteiger partial charge in [-0.3, -0.25) is 4.79 Å². The van der Waals surface area contributed by atoms with E-state index in [0.717, 1.165) is 37.9 Å². The molecule has 192 valence electrons. The number of hydrogen-bond donors (Lipinski definition) is 3. The molecule has 0 saturated carbocycles. The average Bonchev–Trinajstić information content (AvgIpc) is 3.29. The second-order valence-electron chi connectivity index (χ2n) is 10.5. The van der Waals surface area contributed by atoms with Crippen LogP contribution in [0.4, 0.5) is 5.82 Å². The van der Waals surface area contributed by atoms with Crippen LogP contribution in [0.15, 0.2) is 52.9 Å². The van der Waals surface area contributed by atoms with Crippen molar-refractivity contribution in [2.75, 3.05) is 25.5 Å². The molecule has 1 fully saturated rings. The first-order valence-corrected chi connectivity index (χ1v) is 12.7. The van der Waals surface area contributed by atoms with Gasteiger partial charge in [-0.15, -0.1) is 0 Å². The Morgan fingerprint density at radius 1 is 1.14 bits per heavy atom. The van der Waals surface area contributed by atoms with E-state index >= 15 is 0 Å². The summed E-state index contributed by atoms with van der Waals surface area (Å²) < 4.78 is -0.419. The van der Waals surface area contributed by atoms with Gasteiger partial charge in [-0.1, -0.05) is 21.8 Å². The lowest BCUT2D eigenvalue weighted by atomic mass is 9.67. The summed E-state index contributed by atoms with van der Waals surface area (Å²) in [5.41, 5.74) is 2.96. The Morgan fingerprint density at radius 3 is 2.57 bits per heavy atom. The third kappa shape index (κ3) is 4.08. The Balaban J connectivity index is 1.60. The molecule has 1 aromatic carbocycles. The minimum atomic E-state index is -1.03. The molecule has 0 radical (unpaired) electrons. The number of allylic oxidation sites excluding steroid dienone is 2. The van der Waals surface area contributed by atoms with E-state index in [-0.39, 0.29) is 28.7 Å². The maximum Gasteiger partial charge on any atom is 0.381 e. The zero-order valence-electron chi connectivity index (χ0n) is 21.4. The van der Waals surface area contributed by atoms with E-state index in [4.69, 9.17) is 5.10 Å². The van der Waals surface area contributed by atoms with Crippen LogP contribution in [0.2, 0.25) is 0 Å². The number of Topliss-reactive ketones (excluding diaryl/α,β-unsaturated/α-hetero) is 1. The highest BCUT2D eigenvalue weighted by Crippen LogP contribution is 2.49. The molecule has 1 aliphatic carbocycles. The lowest BCUT2D eigenvalue weighted by molar-refractivity contribution is -0.833. The van der Waals surface area contributed by atoms with Crippen molar-refractivity contribution in [1.82, 2.24) is 10.3 Å². The number of ketones is 1. The van der Waals surface area contributed by atoms with Crippen molar-refractivity contribution in [2.24, 2.45) is 10.5 Å². The van der Waals surface area contributed by atoms with Crippen LogP contribution in [0.5, 0.6) is 0 Å². The predicted molar refractivity (Wildman–Crippen MR) is 140 cm³/mol. The van der Waals surface area contributed by atoms with Gasteiger partial charge in [-0.2, -0.15) is 0 Å². The maximum atomic E-state index is 14.4. The maximum absolute atomic E-state index is 14.4. The molecule has 1 atom stereocenters. The number of nitrogens with zero attached hydrogens (tertiary/aromatic N) is 3. The number of nitrogens with one attached hydrogen (secondary N) is 2. The number of aromatic carboxylic acids is 1. The number of pyridine rings is 1. The molecule has 2 aromatic rings. The lowest BCUT2D eigenvalue weighted by Gasteiger charge is -2.41. The number of rotatable bonds is 5. The van der Waals surface area contributed by atoms with Gasteiger partial charge in [-0.25, -0.2) is 14.6 Å². The van der Waals surface area contributed by atoms with Gasteiger partial charge in [0, 0.05) is 30.8 Å². The zero-order chi connectivity index (χ0) is 26.4. The van der Waals surface area contributed by atoms with Gasteiger partial charge in [-0.05, 0) is 75.4 Å². The molecule has 5 rings (SSSR count). The number of amides is 1. The molecule has 3 heterocycles. The topological polar surface area (TPSA) is 121 Å². The molecule has 3 aliphatic rings. The number of anilines is 1. The summed E-state index contributed by atoms with van der Waals surface area (Å²) in [7, 11) is 1.69. The van der Waals surface area contributed by atoms with Crippen LogP contribution in [0.3, 0.4) is 0 Å². The summed E-state index contributed by atoms with van der Waals surface area (Å²) in [6.45, 7) is 5.59. The van der Waals surface area contributed by atoms with Crippen LogP contribution in [0.1, 0.15) is 60.2 Å². The van der Waals surface area contributed by atoms with Crippen molar-refractivity contribution < 1.29 is 24.1 Å². The second-order valence-corrected chi connectivity index (χ2v) is 10.5. The molecule has 1 saturated heterocycles. The summed E-state index contributed by atoms with van der Waals surface area (Å²) >= 11 is 0. The fraction of sp³-hybridized carbons (Fsp3) is 0.393. The van der Waals surface area contributed by atoms with E-state index < -0.39 is 10.6 Å². The minimum Gasteiger partial charge on any atom is -0.478 e. The lowest BCUT2D eigenvalue weighted by Crippen LogP contribution is -2.54. The normalized spacial score (nSPS) is 22.4. The third-order valence-electron chi connectivity index (χ3n) is 7.92. The average molecular weight is 503 g/mol. The molecule has 1 unspecified atom stereocenters. The standard InChI is InChI=1S/C28H31N5O4/c1-17(2)33(24-21(16-32-33)13-28(14-23(24)34)7-9-30-10-8-28)26(35)22-12-20(15-31-25(22)29-3)18-5-4-6-19(11-18)27(36)37/h4-6,11-12,15-17,30H,7-10,13-14H2,1-3H3,(H-,29,31,35,36,37)/p+1. The van der Waals surface area contributed by atoms with Crippen molar-refractivity contribution in [1.29, 1.82) is 0 Å². The second kappa shape index (κ2) is 9.32. The zero-order valence-corrected chi connectivity index (χ0v) is 21.4. The van der Waals surface area contributed by atoms with E-state index in [0.29, 0.717) is 34.6 Å². The van der Waals surface area contributed by atoms with Crippen molar-refractivity contribution >= 4 is 29.7 Å². The molecular weight excluding hydrogens is 470 g/mol. The molecule has 3 N–H and O–H groups in total. The van der Waals surface area contributed by atoms with Gasteiger partial charge in [0.25, 0.3) is 0 Å². The van der Waals surface area contributed by atoms with Crippen LogP contribution in [-0.4, -0.2) is 64.7 Å². The molecule has 9 heteroatoms. The SMILES string of the molecule is CNc1ncc(-c2cccc(C(=O)O)c2)cc1C(=O)[N+]1(C(C)C)N=CC2=C1C(=O)CC1(CCNCC1)C2. The Labute approximate surface area is 215 Å². The number of carboxylic acid groups (broad SMARTS) is 1. The molecule has 0 bridgehead atoms. The molecule has 1 spiro atoms. The summed E-state index contributed by atoms with van der Waals surface area (Å²) in [4.78, 5) is 44.1. The Bertz CT molecular complexity index is 1360. The number of quaternary nitrogens is 1. The molecule has 1 aromatic heterocycles. The van der Waals surface area contributed by atoms with E-state index in [1.54, 1.807) is 43.7 Å².